The molecule has 0 amide bonds. The molecule has 0 unspecified atom stereocenters. The van der Waals surface area contributed by atoms with Gasteiger partial charge in [-0.1, -0.05) is 6.07 Å². The predicted octanol–water partition coefficient (Wildman–Crippen LogP) is 2.85. The Morgan fingerprint density at radius 1 is 1.18 bits per heavy atom. The molecule has 0 fully saturated rings. The second-order valence-electron chi connectivity index (χ2n) is 6.45. The average molecular weight is 397 g/mol. The molecule has 0 aliphatic carbocycles. The van der Waals surface area contributed by atoms with Crippen LogP contribution >= 0.6 is 0 Å². The summed E-state index contributed by atoms with van der Waals surface area (Å²) in [5, 5.41) is -0.0641. The lowest BCUT2D eigenvalue weighted by molar-refractivity contribution is 0.417. The molecule has 1 aromatic carbocycles. The molecule has 0 aliphatic heterocycles. The number of rotatable bonds is 5. The standard InChI is InChI=1S/C19H19N5O3S/c1-13-5-4-8-24-10-16(21-19(13)24)14-6-7-17(27-3)15(9-14)22-28(25,26)18-11-23(2)12-20-18/h4-12,22H,1-3H3. The lowest BCUT2D eigenvalue weighted by Crippen LogP contribution is -2.14. The van der Waals surface area contributed by atoms with Crippen molar-refractivity contribution >= 4 is 21.4 Å². The summed E-state index contributed by atoms with van der Waals surface area (Å²) in [6, 6.07) is 9.20. The smallest absolute Gasteiger partial charge is 0.281 e. The van der Waals surface area contributed by atoms with E-state index in [9.17, 15) is 8.42 Å². The van der Waals surface area contributed by atoms with E-state index in [4.69, 9.17) is 4.74 Å². The fourth-order valence-electron chi connectivity index (χ4n) is 2.96. The van der Waals surface area contributed by atoms with Crippen molar-refractivity contribution in [3.05, 3.63) is 60.8 Å². The number of nitrogens with one attached hydrogen (secondary N) is 1. The minimum Gasteiger partial charge on any atom is -0.495 e. The number of hydrogen-bond acceptors (Lipinski definition) is 5. The van der Waals surface area contributed by atoms with E-state index in [0.717, 1.165) is 22.5 Å². The molecule has 0 saturated carbocycles. The zero-order valence-corrected chi connectivity index (χ0v) is 16.4. The zero-order chi connectivity index (χ0) is 19.9. The number of aryl methyl sites for hydroxylation is 2. The molecule has 0 atom stereocenters. The Bertz CT molecular complexity index is 1270. The number of methoxy groups -OCH3 is 1. The molecule has 0 radical (unpaired) electrons. The molecule has 9 heteroatoms. The maximum Gasteiger partial charge on any atom is 0.281 e. The normalized spacial score (nSPS) is 11.7. The number of imidazole rings is 2. The summed E-state index contributed by atoms with van der Waals surface area (Å²) in [5.74, 6) is 0.406. The number of hydrogen-bond donors (Lipinski definition) is 1. The van der Waals surface area contributed by atoms with Crippen LogP contribution in [-0.2, 0) is 17.1 Å². The van der Waals surface area contributed by atoms with Crippen LogP contribution in [0.4, 0.5) is 5.69 Å². The van der Waals surface area contributed by atoms with Crippen LogP contribution in [0, 0.1) is 6.92 Å². The minimum atomic E-state index is -3.84. The Balaban J connectivity index is 1.76. The quantitative estimate of drug-likeness (QED) is 0.559. The van der Waals surface area contributed by atoms with Gasteiger partial charge < -0.3 is 13.7 Å². The minimum absolute atomic E-state index is 0.0641. The van der Waals surface area contributed by atoms with Crippen molar-refractivity contribution in [1.29, 1.82) is 0 Å². The molecule has 1 N–H and O–H groups in total. The molecular weight excluding hydrogens is 378 g/mol. The second kappa shape index (κ2) is 6.68. The summed E-state index contributed by atoms with van der Waals surface area (Å²) in [4.78, 5) is 8.58. The third-order valence-electron chi connectivity index (χ3n) is 4.37. The number of benzene rings is 1. The van der Waals surface area contributed by atoms with Crippen LogP contribution in [0.5, 0.6) is 5.75 Å². The summed E-state index contributed by atoms with van der Waals surface area (Å²) < 4.78 is 36.7. The first kappa shape index (κ1) is 18.1. The summed E-state index contributed by atoms with van der Waals surface area (Å²) in [6.07, 6.45) is 6.69. The van der Waals surface area contributed by atoms with Gasteiger partial charge in [0.15, 0.2) is 5.03 Å². The Labute approximate surface area is 162 Å². The van der Waals surface area contributed by atoms with Crippen molar-refractivity contribution in [1.82, 2.24) is 18.9 Å². The van der Waals surface area contributed by atoms with E-state index in [1.807, 2.05) is 41.9 Å². The number of nitrogens with zero attached hydrogens (tertiary/aromatic N) is 4. The van der Waals surface area contributed by atoms with Crippen LogP contribution in [0.2, 0.25) is 0 Å². The summed E-state index contributed by atoms with van der Waals surface area (Å²) in [6.45, 7) is 1.99. The van der Waals surface area contributed by atoms with E-state index in [1.165, 1.54) is 19.6 Å². The molecule has 4 aromatic rings. The van der Waals surface area contributed by atoms with Crippen molar-refractivity contribution in [2.45, 2.75) is 11.9 Å². The number of ether oxygens (including phenoxy) is 1. The van der Waals surface area contributed by atoms with Gasteiger partial charge in [-0.2, -0.15) is 8.42 Å². The van der Waals surface area contributed by atoms with Gasteiger partial charge in [-0.25, -0.2) is 9.97 Å². The molecular formula is C19H19N5O3S. The topological polar surface area (TPSA) is 90.5 Å². The third kappa shape index (κ3) is 3.20. The predicted molar refractivity (Wildman–Crippen MR) is 106 cm³/mol. The molecule has 4 rings (SSSR count). The average Bonchev–Trinajstić information content (AvgIpc) is 3.29. The lowest BCUT2D eigenvalue weighted by atomic mass is 10.1. The van der Waals surface area contributed by atoms with Crippen LogP contribution in [0.15, 0.2) is 60.3 Å². The van der Waals surface area contributed by atoms with Crippen LogP contribution in [0.1, 0.15) is 5.56 Å². The maximum absolute atomic E-state index is 12.7. The van der Waals surface area contributed by atoms with E-state index >= 15 is 0 Å². The van der Waals surface area contributed by atoms with Crippen molar-refractivity contribution in [3.8, 4) is 17.0 Å². The zero-order valence-electron chi connectivity index (χ0n) is 15.6. The van der Waals surface area contributed by atoms with E-state index in [1.54, 1.807) is 23.7 Å². The summed E-state index contributed by atoms with van der Waals surface area (Å²) >= 11 is 0. The molecule has 0 aliphatic rings. The number of sulfonamides is 1. The largest absolute Gasteiger partial charge is 0.495 e. The number of aromatic nitrogens is 4. The highest BCUT2D eigenvalue weighted by Crippen LogP contribution is 2.32. The third-order valence-corrected chi connectivity index (χ3v) is 5.62. The van der Waals surface area contributed by atoms with Crippen molar-refractivity contribution < 1.29 is 13.2 Å². The summed E-state index contributed by atoms with van der Waals surface area (Å²) in [7, 11) is -0.648. The number of anilines is 1. The molecule has 3 aromatic heterocycles. The second-order valence-corrected chi connectivity index (χ2v) is 8.08. The fraction of sp³-hybridized carbons (Fsp3) is 0.158. The Kier molecular flexibility index (Phi) is 4.31. The van der Waals surface area contributed by atoms with Crippen LogP contribution < -0.4 is 9.46 Å². The van der Waals surface area contributed by atoms with Crippen molar-refractivity contribution in [2.75, 3.05) is 11.8 Å². The van der Waals surface area contributed by atoms with E-state index < -0.39 is 10.0 Å². The lowest BCUT2D eigenvalue weighted by Gasteiger charge is -2.12. The highest BCUT2D eigenvalue weighted by Gasteiger charge is 2.20. The molecule has 0 bridgehead atoms. The van der Waals surface area contributed by atoms with Crippen LogP contribution in [-0.4, -0.2) is 34.5 Å². The van der Waals surface area contributed by atoms with Gasteiger partial charge in [0.05, 0.1) is 24.8 Å². The fourth-order valence-corrected chi connectivity index (χ4v) is 4.01. The van der Waals surface area contributed by atoms with Crippen molar-refractivity contribution in [2.24, 2.45) is 7.05 Å². The molecule has 0 saturated heterocycles. The molecule has 0 spiro atoms. The first-order valence-electron chi connectivity index (χ1n) is 8.51. The first-order valence-corrected chi connectivity index (χ1v) is 9.99. The van der Waals surface area contributed by atoms with Crippen LogP contribution in [0.3, 0.4) is 0 Å². The Morgan fingerprint density at radius 3 is 2.68 bits per heavy atom. The van der Waals surface area contributed by atoms with E-state index in [0.29, 0.717) is 11.4 Å². The number of fused-ring (bicyclic) bond motifs is 1. The van der Waals surface area contributed by atoms with Gasteiger partial charge in [-0.15, -0.1) is 0 Å². The highest BCUT2D eigenvalue weighted by atomic mass is 32.2. The van der Waals surface area contributed by atoms with Gasteiger partial charge in [0, 0.05) is 31.2 Å². The molecule has 144 valence electrons. The Morgan fingerprint density at radius 2 is 2.00 bits per heavy atom. The Hall–Kier alpha value is -3.33. The molecule has 8 nitrogen and oxygen atoms in total. The monoisotopic (exact) mass is 397 g/mol. The first-order chi connectivity index (χ1) is 13.4. The summed E-state index contributed by atoms with van der Waals surface area (Å²) in [5.41, 5.74) is 3.72. The van der Waals surface area contributed by atoms with Crippen molar-refractivity contribution in [3.63, 3.8) is 0 Å². The number of pyridine rings is 1. The maximum atomic E-state index is 12.7. The highest BCUT2D eigenvalue weighted by molar-refractivity contribution is 7.92. The van der Waals surface area contributed by atoms with Gasteiger partial charge in [0.2, 0.25) is 0 Å². The van der Waals surface area contributed by atoms with Crippen LogP contribution in [0.25, 0.3) is 16.9 Å². The van der Waals surface area contributed by atoms with E-state index in [2.05, 4.69) is 14.7 Å². The van der Waals surface area contributed by atoms with Gasteiger partial charge in [0.25, 0.3) is 10.0 Å². The molecule has 28 heavy (non-hydrogen) atoms. The molecule has 3 heterocycles. The van der Waals surface area contributed by atoms with E-state index in [-0.39, 0.29) is 5.03 Å². The van der Waals surface area contributed by atoms with Gasteiger partial charge >= 0.3 is 0 Å². The van der Waals surface area contributed by atoms with Gasteiger partial charge in [-0.05, 0) is 36.8 Å². The SMILES string of the molecule is COc1ccc(-c2cn3cccc(C)c3n2)cc1NS(=O)(=O)c1cn(C)cn1. The van der Waals surface area contributed by atoms with Gasteiger partial charge in [0.1, 0.15) is 11.4 Å². The van der Waals surface area contributed by atoms with Gasteiger partial charge in [-0.3, -0.25) is 4.72 Å².